The first-order chi connectivity index (χ1) is 22.1. The molecule has 1 aliphatic heterocycles. The second-order valence-electron chi connectivity index (χ2n) is 11.0. The van der Waals surface area contributed by atoms with E-state index in [0.717, 1.165) is 12.0 Å². The van der Waals surface area contributed by atoms with E-state index in [1.165, 1.54) is 45.6 Å². The van der Waals surface area contributed by atoms with Crippen molar-refractivity contribution in [3.05, 3.63) is 110 Å². The Morgan fingerprint density at radius 1 is 0.978 bits per heavy atom. The Labute approximate surface area is 270 Å². The minimum atomic E-state index is -3.74. The molecule has 0 radical (unpaired) electrons. The molecule has 0 spiro atoms. The van der Waals surface area contributed by atoms with Crippen molar-refractivity contribution in [1.29, 1.82) is 0 Å². The van der Waals surface area contributed by atoms with E-state index in [1.807, 2.05) is 12.1 Å². The number of carbonyl (C=O) groups is 2. The van der Waals surface area contributed by atoms with Crippen LogP contribution >= 0.6 is 11.6 Å². The lowest BCUT2D eigenvalue weighted by atomic mass is 9.86. The molecule has 0 saturated carbocycles. The second kappa shape index (κ2) is 13.0. The molecule has 236 valence electrons. The number of halogens is 1. The summed E-state index contributed by atoms with van der Waals surface area (Å²) in [7, 11) is -3.74. The molecule has 46 heavy (non-hydrogen) atoms. The number of nitro benzene ring substituents is 1. The number of hydrogen-bond donors (Lipinski definition) is 0. The van der Waals surface area contributed by atoms with Gasteiger partial charge in [-0.2, -0.15) is 4.31 Å². The first-order valence-corrected chi connectivity index (χ1v) is 16.5. The Hall–Kier alpha value is -4.65. The maximum Gasteiger partial charge on any atom is 0.339 e. The molecule has 1 amide bonds. The van der Waals surface area contributed by atoms with Crippen LogP contribution < -0.4 is 0 Å². The quantitative estimate of drug-likeness (QED) is 0.147. The smallest absolute Gasteiger partial charge is 0.339 e. The molecular weight excluding hydrogens is 632 g/mol. The summed E-state index contributed by atoms with van der Waals surface area (Å²) in [5.41, 5.74) is 3.76. The number of non-ortho nitro benzene ring substituents is 1. The van der Waals surface area contributed by atoms with E-state index in [9.17, 15) is 28.1 Å². The van der Waals surface area contributed by atoms with Crippen LogP contribution in [-0.4, -0.2) is 72.2 Å². The largest absolute Gasteiger partial charge is 0.452 e. The van der Waals surface area contributed by atoms with Gasteiger partial charge in [-0.3, -0.25) is 14.9 Å². The number of para-hydroxylation sites is 1. The summed E-state index contributed by atoms with van der Waals surface area (Å²) in [6.45, 7) is 0.0232. The summed E-state index contributed by atoms with van der Waals surface area (Å²) in [5.74, 6) is -1.07. The lowest BCUT2D eigenvalue weighted by molar-refractivity contribution is -0.384. The Bertz CT molecular complexity index is 1990. The molecule has 1 fully saturated rings. The normalized spacial score (nSPS) is 16.3. The Morgan fingerprint density at radius 3 is 2.46 bits per heavy atom. The van der Waals surface area contributed by atoms with Crippen molar-refractivity contribution in [2.24, 2.45) is 0 Å². The minimum absolute atomic E-state index is 0.0182. The van der Waals surface area contributed by atoms with E-state index in [-0.39, 0.29) is 36.8 Å². The van der Waals surface area contributed by atoms with Crippen LogP contribution in [0.1, 0.15) is 40.0 Å². The number of nitro groups is 1. The number of piperazine rings is 1. The Kier molecular flexibility index (Phi) is 8.85. The molecule has 13 heteroatoms. The maximum absolute atomic E-state index is 13.7. The third kappa shape index (κ3) is 6.37. The van der Waals surface area contributed by atoms with Crippen LogP contribution in [0, 0.1) is 10.1 Å². The zero-order chi connectivity index (χ0) is 32.4. The van der Waals surface area contributed by atoms with E-state index in [2.05, 4.69) is 0 Å². The third-order valence-corrected chi connectivity index (χ3v) is 10.3. The highest BCUT2D eigenvalue weighted by atomic mass is 35.5. The fourth-order valence-corrected chi connectivity index (χ4v) is 7.41. The summed E-state index contributed by atoms with van der Waals surface area (Å²) in [6, 6.07) is 19.5. The highest BCUT2D eigenvalue weighted by Gasteiger charge is 2.31. The number of pyridine rings is 1. The number of sulfonamides is 1. The number of ether oxygens (including phenoxy) is 1. The monoisotopic (exact) mass is 660 g/mol. The predicted octanol–water partition coefficient (Wildman–Crippen LogP) is 5.36. The molecule has 1 aromatic heterocycles. The van der Waals surface area contributed by atoms with E-state index < -0.39 is 33.4 Å². The van der Waals surface area contributed by atoms with Crippen LogP contribution in [0.5, 0.6) is 0 Å². The zero-order valence-corrected chi connectivity index (χ0v) is 26.2. The number of nitrogens with zero attached hydrogens (tertiary/aromatic N) is 4. The van der Waals surface area contributed by atoms with Crippen molar-refractivity contribution in [3.63, 3.8) is 0 Å². The van der Waals surface area contributed by atoms with Crippen molar-refractivity contribution in [2.75, 3.05) is 32.8 Å². The van der Waals surface area contributed by atoms with Gasteiger partial charge in [0.25, 0.3) is 11.6 Å². The fourth-order valence-electron chi connectivity index (χ4n) is 5.86. The number of benzene rings is 3. The maximum atomic E-state index is 13.7. The third-order valence-electron chi connectivity index (χ3n) is 8.17. The van der Waals surface area contributed by atoms with E-state index in [0.29, 0.717) is 51.2 Å². The zero-order valence-electron chi connectivity index (χ0n) is 24.6. The van der Waals surface area contributed by atoms with Crippen molar-refractivity contribution < 1.29 is 27.7 Å². The van der Waals surface area contributed by atoms with Crippen LogP contribution in [0.15, 0.2) is 77.7 Å². The molecule has 2 heterocycles. The SMILES string of the molecule is O=C(OCC(=O)N1CCN(S(=O)(=O)c2ccc(Cl)cc2)CC1)c1c2c(nc3ccccc13)/C(=C/c1cccc([N+](=O)[O-])c1)CCC2. The Morgan fingerprint density at radius 2 is 1.72 bits per heavy atom. The second-order valence-corrected chi connectivity index (χ2v) is 13.4. The number of rotatable bonds is 7. The molecule has 0 atom stereocenters. The average Bonchev–Trinajstić information content (AvgIpc) is 3.06. The molecule has 4 aromatic rings. The number of carbonyl (C=O) groups excluding carboxylic acids is 2. The molecule has 6 rings (SSSR count). The summed E-state index contributed by atoms with van der Waals surface area (Å²) >= 11 is 5.89. The van der Waals surface area contributed by atoms with Gasteiger partial charge in [-0.1, -0.05) is 41.9 Å². The summed E-state index contributed by atoms with van der Waals surface area (Å²) in [6.07, 6.45) is 3.84. The van der Waals surface area contributed by atoms with E-state index in [1.54, 1.807) is 30.3 Å². The van der Waals surface area contributed by atoms with Gasteiger partial charge in [0.15, 0.2) is 6.61 Å². The van der Waals surface area contributed by atoms with Gasteiger partial charge in [-0.15, -0.1) is 0 Å². The van der Waals surface area contributed by atoms with Gasteiger partial charge in [-0.05, 0) is 72.4 Å². The van der Waals surface area contributed by atoms with Gasteiger partial charge in [0.1, 0.15) is 0 Å². The molecule has 0 unspecified atom stereocenters. The van der Waals surface area contributed by atoms with E-state index in [4.69, 9.17) is 21.3 Å². The summed E-state index contributed by atoms with van der Waals surface area (Å²) in [5, 5.41) is 12.3. The molecule has 3 aromatic carbocycles. The predicted molar refractivity (Wildman–Crippen MR) is 173 cm³/mol. The molecule has 0 N–H and O–H groups in total. The van der Waals surface area contributed by atoms with Crippen molar-refractivity contribution in [3.8, 4) is 0 Å². The number of amides is 1. The van der Waals surface area contributed by atoms with Crippen molar-refractivity contribution in [2.45, 2.75) is 24.2 Å². The minimum Gasteiger partial charge on any atom is -0.452 e. The van der Waals surface area contributed by atoms with Crippen LogP contribution in [-0.2, 0) is 26.0 Å². The standard InChI is InChI=1S/C33H29ClN4O7S/c34-24-11-13-26(14-12-24)46(43,44)37-17-15-36(16-18-37)30(39)21-45-33(40)31-27-8-1-2-10-29(27)35-32-23(6-4-9-28(31)32)19-22-5-3-7-25(20-22)38(41)42/h1-3,5,7-8,10-14,19-20H,4,6,9,15-18,21H2/b23-19+. The molecule has 1 saturated heterocycles. The highest BCUT2D eigenvalue weighted by molar-refractivity contribution is 7.89. The van der Waals surface area contributed by atoms with E-state index >= 15 is 0 Å². The van der Waals surface area contributed by atoms with Crippen LogP contribution in [0.2, 0.25) is 5.02 Å². The van der Waals surface area contributed by atoms with Crippen molar-refractivity contribution in [1.82, 2.24) is 14.2 Å². The van der Waals surface area contributed by atoms with Crippen LogP contribution in [0.3, 0.4) is 0 Å². The van der Waals surface area contributed by atoms with Crippen molar-refractivity contribution >= 4 is 61.7 Å². The van der Waals surface area contributed by atoms with Crippen LogP contribution in [0.25, 0.3) is 22.6 Å². The molecule has 0 bridgehead atoms. The molecule has 2 aliphatic rings. The van der Waals surface area contributed by atoms with Gasteiger partial charge in [0.05, 0.1) is 26.6 Å². The molecule has 11 nitrogen and oxygen atoms in total. The molecular formula is C33H29ClN4O7S. The lowest BCUT2D eigenvalue weighted by Crippen LogP contribution is -2.51. The first-order valence-electron chi connectivity index (χ1n) is 14.7. The van der Waals surface area contributed by atoms with Gasteiger partial charge in [-0.25, -0.2) is 18.2 Å². The van der Waals surface area contributed by atoms with Gasteiger partial charge >= 0.3 is 5.97 Å². The number of esters is 1. The highest BCUT2D eigenvalue weighted by Crippen LogP contribution is 2.36. The summed E-state index contributed by atoms with van der Waals surface area (Å²) in [4.78, 5) is 44.1. The number of hydrogen-bond acceptors (Lipinski definition) is 8. The van der Waals surface area contributed by atoms with Gasteiger partial charge in [0.2, 0.25) is 10.0 Å². The first kappa shape index (κ1) is 31.3. The number of fused-ring (bicyclic) bond motifs is 2. The Balaban J connectivity index is 1.19. The number of aromatic nitrogens is 1. The average molecular weight is 661 g/mol. The van der Waals surface area contributed by atoms with Gasteiger partial charge in [0, 0.05) is 48.7 Å². The van der Waals surface area contributed by atoms with Crippen LogP contribution in [0.4, 0.5) is 5.69 Å². The topological polar surface area (TPSA) is 140 Å². The number of allylic oxidation sites excluding steroid dienone is 1. The van der Waals surface area contributed by atoms with Gasteiger partial charge < -0.3 is 9.64 Å². The fraction of sp³-hybridized carbons (Fsp3) is 0.242. The lowest BCUT2D eigenvalue weighted by Gasteiger charge is -2.33. The summed E-state index contributed by atoms with van der Waals surface area (Å²) < 4.78 is 32.9. The molecule has 1 aliphatic carbocycles.